The second kappa shape index (κ2) is 6.10. The normalized spacial score (nSPS) is 31.8. The summed E-state index contributed by atoms with van der Waals surface area (Å²) >= 11 is 0. The molecule has 4 nitrogen and oxygen atoms in total. The molecule has 2 rings (SSSR count). The van der Waals surface area contributed by atoms with Crippen LogP contribution in [0.2, 0.25) is 0 Å². The first-order chi connectivity index (χ1) is 8.96. The lowest BCUT2D eigenvalue weighted by Crippen LogP contribution is -2.51. The van der Waals surface area contributed by atoms with E-state index in [-0.39, 0.29) is 29.6 Å². The summed E-state index contributed by atoms with van der Waals surface area (Å²) in [5.74, 6) is 0.549. The van der Waals surface area contributed by atoms with Crippen molar-refractivity contribution < 1.29 is 13.5 Å². The number of sulfone groups is 1. The van der Waals surface area contributed by atoms with E-state index in [0.717, 1.165) is 19.4 Å². The maximum absolute atomic E-state index is 11.6. The smallest absolute Gasteiger partial charge is 0.153 e. The van der Waals surface area contributed by atoms with Gasteiger partial charge in [-0.15, -0.1) is 0 Å². The molecular formula is C14H27NO3S. The van der Waals surface area contributed by atoms with Gasteiger partial charge in [-0.3, -0.25) is 4.90 Å². The second-order valence-corrected chi connectivity index (χ2v) is 8.73. The first-order valence-electron chi connectivity index (χ1n) is 7.52. The molecule has 2 fully saturated rings. The van der Waals surface area contributed by atoms with Crippen molar-refractivity contribution in [3.05, 3.63) is 0 Å². The van der Waals surface area contributed by atoms with E-state index in [0.29, 0.717) is 6.54 Å². The number of hydrogen-bond acceptors (Lipinski definition) is 4. The van der Waals surface area contributed by atoms with Gasteiger partial charge in [0.1, 0.15) is 0 Å². The van der Waals surface area contributed by atoms with Crippen LogP contribution in [0.3, 0.4) is 0 Å². The van der Waals surface area contributed by atoms with Crippen LogP contribution in [0.5, 0.6) is 0 Å². The molecule has 19 heavy (non-hydrogen) atoms. The molecule has 112 valence electrons. The van der Waals surface area contributed by atoms with Crippen LogP contribution in [0.25, 0.3) is 0 Å². The third kappa shape index (κ3) is 3.92. The van der Waals surface area contributed by atoms with E-state index < -0.39 is 9.84 Å². The molecule has 2 aliphatic rings. The Bertz CT molecular complexity index is 385. The Morgan fingerprint density at radius 3 is 2.37 bits per heavy atom. The molecule has 0 aromatic carbocycles. The minimum absolute atomic E-state index is 0.00582. The standard InChI is InChI=1S/C14H27NO3S/c1-13-10-19(17,18)9-8-15(13)11-14(12-16)6-4-2-3-5-7-14/h13,16H,2-12H2,1H3. The van der Waals surface area contributed by atoms with Gasteiger partial charge in [-0.05, 0) is 19.8 Å². The van der Waals surface area contributed by atoms with Gasteiger partial charge in [-0.25, -0.2) is 8.42 Å². The van der Waals surface area contributed by atoms with Gasteiger partial charge >= 0.3 is 0 Å². The molecule has 0 amide bonds. The van der Waals surface area contributed by atoms with Crippen molar-refractivity contribution in [2.45, 2.75) is 51.5 Å². The van der Waals surface area contributed by atoms with Crippen LogP contribution in [0.4, 0.5) is 0 Å². The fourth-order valence-corrected chi connectivity index (χ4v) is 5.17. The summed E-state index contributed by atoms with van der Waals surface area (Å²) < 4.78 is 23.3. The molecular weight excluding hydrogens is 262 g/mol. The predicted molar refractivity (Wildman–Crippen MR) is 76.9 cm³/mol. The summed E-state index contributed by atoms with van der Waals surface area (Å²) in [4.78, 5) is 2.28. The van der Waals surface area contributed by atoms with Gasteiger partial charge in [0, 0.05) is 31.2 Å². The molecule has 0 aromatic heterocycles. The van der Waals surface area contributed by atoms with Crippen LogP contribution in [0.1, 0.15) is 45.4 Å². The summed E-state index contributed by atoms with van der Waals surface area (Å²) in [5, 5.41) is 9.84. The van der Waals surface area contributed by atoms with E-state index in [9.17, 15) is 13.5 Å². The number of rotatable bonds is 3. The van der Waals surface area contributed by atoms with Crippen LogP contribution in [0, 0.1) is 5.41 Å². The highest BCUT2D eigenvalue weighted by molar-refractivity contribution is 7.91. The molecule has 0 radical (unpaired) electrons. The maximum atomic E-state index is 11.6. The molecule has 1 unspecified atom stereocenters. The first-order valence-corrected chi connectivity index (χ1v) is 9.34. The Balaban J connectivity index is 2.01. The van der Waals surface area contributed by atoms with Crippen molar-refractivity contribution in [1.29, 1.82) is 0 Å². The number of aliphatic hydroxyl groups is 1. The monoisotopic (exact) mass is 289 g/mol. The van der Waals surface area contributed by atoms with Crippen molar-refractivity contribution in [2.24, 2.45) is 5.41 Å². The Hall–Kier alpha value is -0.130. The van der Waals surface area contributed by atoms with Crippen molar-refractivity contribution in [3.8, 4) is 0 Å². The summed E-state index contributed by atoms with van der Waals surface area (Å²) in [6.45, 7) is 3.73. The van der Waals surface area contributed by atoms with Crippen molar-refractivity contribution in [1.82, 2.24) is 4.90 Å². The van der Waals surface area contributed by atoms with Crippen molar-refractivity contribution in [2.75, 3.05) is 31.2 Å². The average molecular weight is 289 g/mol. The maximum Gasteiger partial charge on any atom is 0.153 e. The Morgan fingerprint density at radius 2 is 1.84 bits per heavy atom. The molecule has 5 heteroatoms. The predicted octanol–water partition coefficient (Wildman–Crippen LogP) is 1.44. The van der Waals surface area contributed by atoms with E-state index in [1.807, 2.05) is 6.92 Å². The lowest BCUT2D eigenvalue weighted by Gasteiger charge is -2.41. The second-order valence-electron chi connectivity index (χ2n) is 6.51. The quantitative estimate of drug-likeness (QED) is 0.799. The largest absolute Gasteiger partial charge is 0.396 e. The summed E-state index contributed by atoms with van der Waals surface area (Å²) in [7, 11) is -2.84. The molecule has 1 atom stereocenters. The molecule has 1 heterocycles. The van der Waals surface area contributed by atoms with Gasteiger partial charge < -0.3 is 5.11 Å². The highest BCUT2D eigenvalue weighted by atomic mass is 32.2. The van der Waals surface area contributed by atoms with Crippen LogP contribution in [-0.4, -0.2) is 55.7 Å². The third-order valence-electron chi connectivity index (χ3n) is 4.85. The van der Waals surface area contributed by atoms with Gasteiger partial charge in [0.25, 0.3) is 0 Å². The molecule has 1 saturated carbocycles. The van der Waals surface area contributed by atoms with E-state index in [1.165, 1.54) is 25.7 Å². The lowest BCUT2D eigenvalue weighted by atomic mass is 9.80. The number of aliphatic hydroxyl groups excluding tert-OH is 1. The zero-order valence-corrected chi connectivity index (χ0v) is 12.8. The zero-order valence-electron chi connectivity index (χ0n) is 12.0. The lowest BCUT2D eigenvalue weighted by molar-refractivity contribution is 0.0487. The topological polar surface area (TPSA) is 57.6 Å². The Morgan fingerprint density at radius 1 is 1.21 bits per heavy atom. The zero-order chi connectivity index (χ0) is 13.9. The summed E-state index contributed by atoms with van der Waals surface area (Å²) in [6, 6.07) is 0.0884. The Kier molecular flexibility index (Phi) is 4.90. The van der Waals surface area contributed by atoms with Crippen molar-refractivity contribution >= 4 is 9.84 Å². The van der Waals surface area contributed by atoms with Crippen LogP contribution < -0.4 is 0 Å². The highest BCUT2D eigenvalue weighted by Crippen LogP contribution is 2.36. The minimum Gasteiger partial charge on any atom is -0.396 e. The molecule has 1 aliphatic heterocycles. The van der Waals surface area contributed by atoms with E-state index in [2.05, 4.69) is 4.90 Å². The molecule has 0 spiro atoms. The fraction of sp³-hybridized carbons (Fsp3) is 1.00. The summed E-state index contributed by atoms with van der Waals surface area (Å²) in [5.41, 5.74) is 0.00582. The van der Waals surface area contributed by atoms with Gasteiger partial charge in [-0.1, -0.05) is 25.7 Å². The third-order valence-corrected chi connectivity index (χ3v) is 6.64. The van der Waals surface area contributed by atoms with Gasteiger partial charge in [0.2, 0.25) is 0 Å². The van der Waals surface area contributed by atoms with Gasteiger partial charge in [-0.2, -0.15) is 0 Å². The van der Waals surface area contributed by atoms with E-state index in [4.69, 9.17) is 0 Å². The number of hydrogen-bond donors (Lipinski definition) is 1. The molecule has 1 N–H and O–H groups in total. The number of nitrogens with zero attached hydrogens (tertiary/aromatic N) is 1. The van der Waals surface area contributed by atoms with Gasteiger partial charge in [0.05, 0.1) is 11.5 Å². The molecule has 1 saturated heterocycles. The van der Waals surface area contributed by atoms with E-state index in [1.54, 1.807) is 0 Å². The fourth-order valence-electron chi connectivity index (χ4n) is 3.54. The highest BCUT2D eigenvalue weighted by Gasteiger charge is 2.36. The van der Waals surface area contributed by atoms with Gasteiger partial charge in [0.15, 0.2) is 9.84 Å². The van der Waals surface area contributed by atoms with Crippen LogP contribution in [-0.2, 0) is 9.84 Å². The molecule has 1 aliphatic carbocycles. The SMILES string of the molecule is CC1CS(=O)(=O)CCN1CC1(CO)CCCCCC1. The summed E-state index contributed by atoms with van der Waals surface area (Å²) in [6.07, 6.45) is 7.10. The minimum atomic E-state index is -2.84. The first kappa shape index (κ1) is 15.3. The molecule has 0 aromatic rings. The van der Waals surface area contributed by atoms with Crippen LogP contribution >= 0.6 is 0 Å². The van der Waals surface area contributed by atoms with Crippen LogP contribution in [0.15, 0.2) is 0 Å². The Labute approximate surface area is 117 Å². The average Bonchev–Trinajstić information content (AvgIpc) is 2.58. The van der Waals surface area contributed by atoms with Crippen molar-refractivity contribution in [3.63, 3.8) is 0 Å². The molecule has 0 bridgehead atoms. The van der Waals surface area contributed by atoms with E-state index >= 15 is 0 Å².